The molecule has 0 aliphatic heterocycles. The highest BCUT2D eigenvalue weighted by Crippen LogP contribution is 2.30. The Morgan fingerprint density at radius 2 is 1.75 bits per heavy atom. The average Bonchev–Trinajstić information content (AvgIpc) is 2.94. The second kappa shape index (κ2) is 7.35. The maximum Gasteiger partial charge on any atom is 0.416 e. The van der Waals surface area contributed by atoms with Crippen LogP contribution in [0.4, 0.5) is 13.2 Å². The summed E-state index contributed by atoms with van der Waals surface area (Å²) in [5.41, 5.74) is 0.231. The minimum Gasteiger partial charge on any atom is -0.361 e. The third-order valence-electron chi connectivity index (χ3n) is 3.39. The fourth-order valence-corrected chi connectivity index (χ4v) is 2.73. The van der Waals surface area contributed by atoms with Crippen LogP contribution in [-0.4, -0.2) is 23.9 Å². The highest BCUT2D eigenvalue weighted by atomic mass is 32.2. The van der Waals surface area contributed by atoms with Crippen LogP contribution in [0.5, 0.6) is 0 Å². The van der Waals surface area contributed by atoms with Crippen LogP contribution in [0.2, 0.25) is 0 Å². The quantitative estimate of drug-likeness (QED) is 0.595. The molecule has 1 heterocycles. The van der Waals surface area contributed by atoms with Crippen LogP contribution in [0.15, 0.2) is 34.9 Å². The summed E-state index contributed by atoms with van der Waals surface area (Å²) < 4.78 is 72.4. The molecule has 2 aromatic rings. The first-order chi connectivity index (χ1) is 11.1. The highest BCUT2D eigenvalue weighted by Gasteiger charge is 2.30. The summed E-state index contributed by atoms with van der Waals surface area (Å²) in [6.45, 7) is 0. The zero-order valence-electron chi connectivity index (χ0n) is 12.6. The molecule has 0 atom stereocenters. The van der Waals surface area contributed by atoms with Crippen molar-refractivity contribution in [2.24, 2.45) is 0 Å². The lowest BCUT2D eigenvalue weighted by molar-refractivity contribution is -0.137. The third-order valence-corrected chi connectivity index (χ3v) is 4.20. The topological polar surface area (TPSA) is 80.4 Å². The van der Waals surface area contributed by atoms with Crippen LogP contribution < -0.4 is 0 Å². The van der Waals surface area contributed by atoms with Crippen molar-refractivity contribution in [1.29, 1.82) is 0 Å². The Balaban J connectivity index is 1.89. The van der Waals surface area contributed by atoms with E-state index in [9.17, 15) is 21.6 Å². The molecule has 0 unspecified atom stereocenters. The standard InChI is InChI=1S/C15H16F3NO4S/c16-15(17,18)12-7-5-11(6-8-12)14-10-13(23-19-14)4-2-1-3-9-24(20,21)22/h5-8,10H,1-4,9H2,(H,20,21,22). The Hall–Kier alpha value is -1.87. The molecular weight excluding hydrogens is 347 g/mol. The van der Waals surface area contributed by atoms with Gasteiger partial charge in [0.2, 0.25) is 0 Å². The molecule has 1 aromatic heterocycles. The van der Waals surface area contributed by atoms with Crippen molar-refractivity contribution in [2.45, 2.75) is 31.9 Å². The second-order valence-electron chi connectivity index (χ2n) is 5.35. The summed E-state index contributed by atoms with van der Waals surface area (Å²) in [5, 5.41) is 3.82. The van der Waals surface area contributed by atoms with Crippen LogP contribution in [-0.2, 0) is 22.7 Å². The van der Waals surface area contributed by atoms with E-state index in [1.165, 1.54) is 12.1 Å². The molecule has 9 heteroatoms. The van der Waals surface area contributed by atoms with Gasteiger partial charge in [0, 0.05) is 18.1 Å². The molecule has 0 saturated heterocycles. The fourth-order valence-electron chi connectivity index (χ4n) is 2.16. The van der Waals surface area contributed by atoms with Gasteiger partial charge in [-0.05, 0) is 25.0 Å². The molecule has 2 rings (SSSR count). The van der Waals surface area contributed by atoms with Crippen molar-refractivity contribution in [3.8, 4) is 11.3 Å². The molecule has 0 saturated carbocycles. The Bertz CT molecular complexity index is 767. The predicted octanol–water partition coefficient (Wildman–Crippen LogP) is 3.96. The molecule has 132 valence electrons. The van der Waals surface area contributed by atoms with Gasteiger partial charge < -0.3 is 4.52 Å². The van der Waals surface area contributed by atoms with E-state index in [2.05, 4.69) is 5.16 Å². The lowest BCUT2D eigenvalue weighted by atomic mass is 10.1. The van der Waals surface area contributed by atoms with Gasteiger partial charge in [-0.2, -0.15) is 21.6 Å². The summed E-state index contributed by atoms with van der Waals surface area (Å²) in [6.07, 6.45) is -2.26. The third kappa shape index (κ3) is 5.64. The zero-order valence-corrected chi connectivity index (χ0v) is 13.4. The molecule has 0 fully saturated rings. The molecule has 1 N–H and O–H groups in total. The lowest BCUT2D eigenvalue weighted by Crippen LogP contribution is -2.03. The maximum absolute atomic E-state index is 12.5. The van der Waals surface area contributed by atoms with Gasteiger partial charge in [-0.3, -0.25) is 4.55 Å². The number of halogens is 3. The Kier molecular flexibility index (Phi) is 5.66. The van der Waals surface area contributed by atoms with Crippen molar-refractivity contribution in [3.63, 3.8) is 0 Å². The largest absolute Gasteiger partial charge is 0.416 e. The van der Waals surface area contributed by atoms with Gasteiger partial charge in [-0.25, -0.2) is 0 Å². The number of benzene rings is 1. The van der Waals surface area contributed by atoms with E-state index in [1.54, 1.807) is 6.07 Å². The number of aromatic nitrogens is 1. The van der Waals surface area contributed by atoms with Gasteiger partial charge in [-0.1, -0.05) is 23.7 Å². The molecule has 1 aromatic carbocycles. The van der Waals surface area contributed by atoms with Gasteiger partial charge >= 0.3 is 6.18 Å². The molecule has 0 amide bonds. The molecule has 5 nitrogen and oxygen atoms in total. The second-order valence-corrected chi connectivity index (χ2v) is 6.92. The highest BCUT2D eigenvalue weighted by molar-refractivity contribution is 7.85. The summed E-state index contributed by atoms with van der Waals surface area (Å²) in [5.74, 6) is 0.289. The van der Waals surface area contributed by atoms with Crippen molar-refractivity contribution >= 4 is 10.1 Å². The zero-order chi connectivity index (χ0) is 17.8. The fraction of sp³-hybridized carbons (Fsp3) is 0.400. The van der Waals surface area contributed by atoms with E-state index in [1.807, 2.05) is 0 Å². The number of hydrogen-bond donors (Lipinski definition) is 1. The monoisotopic (exact) mass is 363 g/mol. The molecule has 0 spiro atoms. The molecule has 0 bridgehead atoms. The maximum atomic E-state index is 12.5. The van der Waals surface area contributed by atoms with E-state index in [0.717, 1.165) is 12.1 Å². The number of alkyl halides is 3. The van der Waals surface area contributed by atoms with Crippen molar-refractivity contribution in [2.75, 3.05) is 5.75 Å². The summed E-state index contributed by atoms with van der Waals surface area (Å²) in [6, 6.07) is 6.27. The van der Waals surface area contributed by atoms with Crippen LogP contribution in [0.25, 0.3) is 11.3 Å². The predicted molar refractivity (Wildman–Crippen MR) is 80.9 cm³/mol. The van der Waals surface area contributed by atoms with Gasteiger partial charge in [0.05, 0.1) is 11.3 Å². The van der Waals surface area contributed by atoms with Crippen molar-refractivity contribution < 1.29 is 30.7 Å². The number of hydrogen-bond acceptors (Lipinski definition) is 4. The SMILES string of the molecule is O=S(=O)(O)CCCCCc1cc(-c2ccc(C(F)(F)F)cc2)no1. The van der Waals surface area contributed by atoms with Crippen LogP contribution in [0, 0.1) is 0 Å². The van der Waals surface area contributed by atoms with E-state index >= 15 is 0 Å². The Morgan fingerprint density at radius 1 is 1.08 bits per heavy atom. The van der Waals surface area contributed by atoms with E-state index in [4.69, 9.17) is 9.08 Å². The van der Waals surface area contributed by atoms with E-state index < -0.39 is 21.9 Å². The Labute approximate surface area is 137 Å². The average molecular weight is 363 g/mol. The van der Waals surface area contributed by atoms with Gasteiger partial charge in [0.15, 0.2) is 0 Å². The molecule has 0 radical (unpaired) electrons. The number of rotatable bonds is 7. The van der Waals surface area contributed by atoms with Crippen LogP contribution in [0.1, 0.15) is 30.6 Å². The summed E-state index contributed by atoms with van der Waals surface area (Å²) in [7, 11) is -3.93. The first-order valence-electron chi connectivity index (χ1n) is 7.23. The van der Waals surface area contributed by atoms with Crippen molar-refractivity contribution in [3.05, 3.63) is 41.7 Å². The molecule has 0 aliphatic rings. The number of nitrogens with zero attached hydrogens (tertiary/aromatic N) is 1. The molecule has 24 heavy (non-hydrogen) atoms. The molecular formula is C15H16F3NO4S. The summed E-state index contributed by atoms with van der Waals surface area (Å²) in [4.78, 5) is 0. The van der Waals surface area contributed by atoms with E-state index in [0.29, 0.717) is 42.7 Å². The minimum absolute atomic E-state index is 0.278. The lowest BCUT2D eigenvalue weighted by Gasteiger charge is -2.06. The van der Waals surface area contributed by atoms with Gasteiger partial charge in [0.1, 0.15) is 11.5 Å². The minimum atomic E-state index is -4.38. The summed E-state index contributed by atoms with van der Waals surface area (Å²) >= 11 is 0. The first-order valence-corrected chi connectivity index (χ1v) is 8.84. The number of unbranched alkanes of at least 4 members (excludes halogenated alkanes) is 2. The Morgan fingerprint density at radius 3 is 2.33 bits per heavy atom. The van der Waals surface area contributed by atoms with Gasteiger partial charge in [-0.15, -0.1) is 0 Å². The smallest absolute Gasteiger partial charge is 0.361 e. The van der Waals surface area contributed by atoms with Crippen LogP contribution in [0.3, 0.4) is 0 Å². The first kappa shape index (κ1) is 18.5. The normalized spacial score (nSPS) is 12.5. The van der Waals surface area contributed by atoms with E-state index in [-0.39, 0.29) is 5.75 Å². The number of aryl methyl sites for hydroxylation is 1. The van der Waals surface area contributed by atoms with Crippen LogP contribution >= 0.6 is 0 Å². The van der Waals surface area contributed by atoms with Gasteiger partial charge in [0.25, 0.3) is 10.1 Å². The molecule has 0 aliphatic carbocycles. The van der Waals surface area contributed by atoms with Crippen molar-refractivity contribution in [1.82, 2.24) is 5.16 Å².